The van der Waals surface area contributed by atoms with Crippen LogP contribution in [0.5, 0.6) is 0 Å². The van der Waals surface area contributed by atoms with E-state index in [2.05, 4.69) is 0 Å². The van der Waals surface area contributed by atoms with Crippen LogP contribution in [-0.4, -0.2) is 28.7 Å². The van der Waals surface area contributed by atoms with Crippen molar-refractivity contribution in [3.05, 3.63) is 34.9 Å². The first kappa shape index (κ1) is 16.0. The molecule has 0 spiro atoms. The maximum absolute atomic E-state index is 11.9. The fourth-order valence-electron chi connectivity index (χ4n) is 3.35. The fourth-order valence-corrected chi connectivity index (χ4v) is 3.48. The summed E-state index contributed by atoms with van der Waals surface area (Å²) in [6.45, 7) is 0.216. The molecule has 2 aliphatic heterocycles. The Morgan fingerprint density at radius 2 is 1.96 bits per heavy atom. The van der Waals surface area contributed by atoms with Crippen LogP contribution in [0.4, 0.5) is 0 Å². The lowest BCUT2D eigenvalue weighted by Gasteiger charge is -2.18. The van der Waals surface area contributed by atoms with E-state index in [-0.39, 0.29) is 42.8 Å². The Hall–Kier alpha value is -1.88. The van der Waals surface area contributed by atoms with Crippen LogP contribution < -0.4 is 0 Å². The average Bonchev–Trinajstić information content (AvgIpc) is 3.06. The van der Waals surface area contributed by atoms with Crippen molar-refractivity contribution < 1.29 is 19.1 Å². The smallest absolute Gasteiger partial charge is 0.306 e. The first-order valence-electron chi connectivity index (χ1n) is 7.79. The molecule has 2 atom stereocenters. The van der Waals surface area contributed by atoms with Crippen molar-refractivity contribution in [3.63, 3.8) is 0 Å². The van der Waals surface area contributed by atoms with Gasteiger partial charge < -0.3 is 4.74 Å². The molecule has 122 valence electrons. The van der Waals surface area contributed by atoms with E-state index in [9.17, 15) is 14.4 Å². The summed E-state index contributed by atoms with van der Waals surface area (Å²) in [4.78, 5) is 36.7. The van der Waals surface area contributed by atoms with E-state index >= 15 is 0 Å². The zero-order valence-corrected chi connectivity index (χ0v) is 13.4. The summed E-state index contributed by atoms with van der Waals surface area (Å²) < 4.78 is 5.24. The second kappa shape index (κ2) is 6.71. The molecular formula is C17H18ClNO4. The van der Waals surface area contributed by atoms with E-state index < -0.39 is 0 Å². The third-order valence-corrected chi connectivity index (χ3v) is 4.79. The number of amides is 2. The van der Waals surface area contributed by atoms with Crippen molar-refractivity contribution in [3.8, 4) is 0 Å². The van der Waals surface area contributed by atoms with E-state index in [0.29, 0.717) is 24.3 Å². The van der Waals surface area contributed by atoms with E-state index in [1.165, 1.54) is 4.90 Å². The van der Waals surface area contributed by atoms with Crippen molar-refractivity contribution in [1.29, 1.82) is 0 Å². The van der Waals surface area contributed by atoms with Crippen molar-refractivity contribution in [1.82, 2.24) is 4.90 Å². The Morgan fingerprint density at radius 3 is 2.70 bits per heavy atom. The molecule has 2 fully saturated rings. The number of nitrogens with zero attached hydrogens (tertiary/aromatic N) is 1. The lowest BCUT2D eigenvalue weighted by atomic mass is 9.93. The molecule has 23 heavy (non-hydrogen) atoms. The topological polar surface area (TPSA) is 63.7 Å². The third kappa shape index (κ3) is 3.55. The van der Waals surface area contributed by atoms with Gasteiger partial charge >= 0.3 is 5.97 Å². The summed E-state index contributed by atoms with van der Waals surface area (Å²) in [6, 6.07) is 7.11. The van der Waals surface area contributed by atoms with Gasteiger partial charge in [0.1, 0.15) is 6.61 Å². The molecule has 2 amide bonds. The van der Waals surface area contributed by atoms with Crippen molar-refractivity contribution in [2.45, 2.75) is 44.8 Å². The van der Waals surface area contributed by atoms with Crippen LogP contribution in [0.3, 0.4) is 0 Å². The third-order valence-electron chi connectivity index (χ3n) is 4.54. The Labute approximate surface area is 139 Å². The number of esters is 1. The molecule has 5 nitrogen and oxygen atoms in total. The van der Waals surface area contributed by atoms with Crippen LogP contribution in [-0.2, 0) is 25.7 Å². The normalized spacial score (nSPS) is 23.3. The van der Waals surface area contributed by atoms with Crippen LogP contribution in [0.1, 0.15) is 37.7 Å². The Morgan fingerprint density at radius 1 is 1.22 bits per heavy atom. The molecular weight excluding hydrogens is 318 g/mol. The molecule has 0 saturated carbocycles. The quantitative estimate of drug-likeness (QED) is 0.613. The number of ether oxygens (including phenoxy) is 1. The lowest BCUT2D eigenvalue weighted by molar-refractivity contribution is -0.145. The predicted molar refractivity (Wildman–Crippen MR) is 83.5 cm³/mol. The van der Waals surface area contributed by atoms with Gasteiger partial charge in [-0.25, -0.2) is 0 Å². The highest BCUT2D eigenvalue weighted by Gasteiger charge is 2.46. The van der Waals surface area contributed by atoms with E-state index in [1.807, 2.05) is 12.1 Å². The highest BCUT2D eigenvalue weighted by molar-refractivity contribution is 6.30. The van der Waals surface area contributed by atoms with Gasteiger partial charge in [0.2, 0.25) is 11.8 Å². The van der Waals surface area contributed by atoms with Crippen LogP contribution >= 0.6 is 11.6 Å². The van der Waals surface area contributed by atoms with Gasteiger partial charge in [0.15, 0.2) is 0 Å². The van der Waals surface area contributed by atoms with Gasteiger partial charge in [-0.15, -0.1) is 0 Å². The second-order valence-corrected chi connectivity index (χ2v) is 6.49. The molecule has 2 aliphatic rings. The van der Waals surface area contributed by atoms with Gasteiger partial charge in [-0.2, -0.15) is 0 Å². The highest BCUT2D eigenvalue weighted by atomic mass is 35.5. The molecule has 3 rings (SSSR count). The van der Waals surface area contributed by atoms with E-state index in [1.54, 1.807) is 12.1 Å². The maximum Gasteiger partial charge on any atom is 0.306 e. The molecule has 0 aliphatic carbocycles. The highest BCUT2D eigenvalue weighted by Crippen LogP contribution is 2.36. The number of carbonyl (C=O) groups is 3. The summed E-state index contributed by atoms with van der Waals surface area (Å²) in [5, 5.41) is 0.640. The molecule has 2 heterocycles. The number of fused-ring (bicyclic) bond motifs is 1. The molecule has 6 heteroatoms. The molecule has 0 radical (unpaired) electrons. The predicted octanol–water partition coefficient (Wildman–Crippen LogP) is 2.70. The van der Waals surface area contributed by atoms with Gasteiger partial charge in [0.05, 0.1) is 0 Å². The van der Waals surface area contributed by atoms with Crippen LogP contribution in [0.15, 0.2) is 24.3 Å². The van der Waals surface area contributed by atoms with Crippen LogP contribution in [0.2, 0.25) is 5.02 Å². The zero-order chi connectivity index (χ0) is 16.4. The van der Waals surface area contributed by atoms with Gasteiger partial charge in [-0.05, 0) is 36.5 Å². The number of hydrogen-bond donors (Lipinski definition) is 0. The van der Waals surface area contributed by atoms with Gasteiger partial charge in [0.25, 0.3) is 0 Å². The maximum atomic E-state index is 11.9. The Balaban J connectivity index is 1.45. The minimum atomic E-state index is -0.282. The number of hydrogen-bond acceptors (Lipinski definition) is 4. The summed E-state index contributed by atoms with van der Waals surface area (Å²) >= 11 is 5.80. The molecule has 0 N–H and O–H groups in total. The number of carbonyl (C=O) groups excluding carboxylic acids is 3. The SMILES string of the molecule is O=C(CCC1CC(=O)N2C(=O)CCC12)OCc1ccc(Cl)cc1. The van der Waals surface area contributed by atoms with Gasteiger partial charge in [-0.1, -0.05) is 23.7 Å². The first-order chi connectivity index (χ1) is 11.0. The summed E-state index contributed by atoms with van der Waals surface area (Å²) in [5.74, 6) is -0.378. The van der Waals surface area contributed by atoms with Crippen LogP contribution in [0, 0.1) is 5.92 Å². The molecule has 1 aromatic rings. The summed E-state index contributed by atoms with van der Waals surface area (Å²) in [7, 11) is 0. The number of benzene rings is 1. The van der Waals surface area contributed by atoms with Crippen molar-refractivity contribution in [2.24, 2.45) is 5.92 Å². The fraction of sp³-hybridized carbons (Fsp3) is 0.471. The first-order valence-corrected chi connectivity index (χ1v) is 8.17. The lowest BCUT2D eigenvalue weighted by Crippen LogP contribution is -2.32. The van der Waals surface area contributed by atoms with Crippen molar-refractivity contribution >= 4 is 29.4 Å². The van der Waals surface area contributed by atoms with Gasteiger partial charge in [-0.3, -0.25) is 19.3 Å². The second-order valence-electron chi connectivity index (χ2n) is 6.05. The zero-order valence-electron chi connectivity index (χ0n) is 12.7. The molecule has 2 saturated heterocycles. The number of halogens is 1. The number of imide groups is 1. The number of rotatable bonds is 5. The Kier molecular flexibility index (Phi) is 4.66. The standard InChI is InChI=1S/C17H18ClNO4/c18-13-4-1-11(2-5-13)10-23-17(22)8-3-12-9-16(21)19-14(12)6-7-15(19)20/h1-2,4-5,12,14H,3,6-10H2. The van der Waals surface area contributed by atoms with E-state index in [4.69, 9.17) is 16.3 Å². The van der Waals surface area contributed by atoms with Gasteiger partial charge in [0, 0.05) is 30.3 Å². The largest absolute Gasteiger partial charge is 0.461 e. The summed E-state index contributed by atoms with van der Waals surface area (Å²) in [6.07, 6.45) is 2.37. The minimum Gasteiger partial charge on any atom is -0.461 e. The minimum absolute atomic E-state index is 0.0148. The molecule has 2 unspecified atom stereocenters. The average molecular weight is 336 g/mol. The molecule has 0 aromatic heterocycles. The monoisotopic (exact) mass is 335 g/mol. The van der Waals surface area contributed by atoms with E-state index in [0.717, 1.165) is 12.0 Å². The van der Waals surface area contributed by atoms with Crippen molar-refractivity contribution in [2.75, 3.05) is 0 Å². The Bertz CT molecular complexity index is 628. The van der Waals surface area contributed by atoms with Crippen LogP contribution in [0.25, 0.3) is 0 Å². The molecule has 1 aromatic carbocycles. The summed E-state index contributed by atoms with van der Waals surface area (Å²) in [5.41, 5.74) is 0.881. The molecule has 0 bridgehead atoms.